The summed E-state index contributed by atoms with van der Waals surface area (Å²) in [5, 5.41) is 3.24. The average Bonchev–Trinajstić information content (AvgIpc) is 2.73. The van der Waals surface area contributed by atoms with Crippen molar-refractivity contribution >= 4 is 17.4 Å². The summed E-state index contributed by atoms with van der Waals surface area (Å²) in [6, 6.07) is 17.3. The van der Waals surface area contributed by atoms with E-state index in [1.165, 1.54) is 0 Å². The molecule has 1 aliphatic rings. The lowest BCUT2D eigenvalue weighted by Gasteiger charge is -2.29. The van der Waals surface area contributed by atoms with E-state index in [2.05, 4.69) is 15.3 Å². The van der Waals surface area contributed by atoms with Gasteiger partial charge in [0.2, 0.25) is 11.8 Å². The van der Waals surface area contributed by atoms with Crippen LogP contribution >= 0.6 is 0 Å². The molecule has 6 nitrogen and oxygen atoms in total. The van der Waals surface area contributed by atoms with Gasteiger partial charge < -0.3 is 15.0 Å². The number of likely N-dealkylation sites (tertiary alicyclic amines) is 1. The molecule has 1 aliphatic heterocycles. The molecule has 3 aromatic rings. The summed E-state index contributed by atoms with van der Waals surface area (Å²) in [6.45, 7) is 0.756. The maximum absolute atomic E-state index is 12.1. The van der Waals surface area contributed by atoms with E-state index in [4.69, 9.17) is 4.74 Å². The Morgan fingerprint density at radius 3 is 2.61 bits per heavy atom. The zero-order chi connectivity index (χ0) is 19.3. The Labute approximate surface area is 164 Å². The van der Waals surface area contributed by atoms with Crippen LogP contribution in [0.1, 0.15) is 24.3 Å². The summed E-state index contributed by atoms with van der Waals surface area (Å²) >= 11 is 0. The van der Waals surface area contributed by atoms with Crippen molar-refractivity contribution in [1.29, 1.82) is 0 Å². The number of nitrogens with one attached hydrogen (secondary N) is 1. The first-order chi connectivity index (χ1) is 13.7. The zero-order valence-corrected chi connectivity index (χ0v) is 15.7. The van der Waals surface area contributed by atoms with Crippen LogP contribution in [0.25, 0.3) is 0 Å². The van der Waals surface area contributed by atoms with E-state index in [0.29, 0.717) is 18.1 Å². The van der Waals surface area contributed by atoms with Crippen LogP contribution in [0, 0.1) is 0 Å². The molecule has 1 amide bonds. The van der Waals surface area contributed by atoms with E-state index in [0.717, 1.165) is 30.0 Å². The van der Waals surface area contributed by atoms with Gasteiger partial charge in [0.05, 0.1) is 0 Å². The third-order valence-electron chi connectivity index (χ3n) is 4.91. The summed E-state index contributed by atoms with van der Waals surface area (Å²) in [4.78, 5) is 22.5. The van der Waals surface area contributed by atoms with E-state index in [1.54, 1.807) is 17.3 Å². The number of nitrogens with zero attached hydrogens (tertiary/aromatic N) is 3. The zero-order valence-electron chi connectivity index (χ0n) is 15.7. The van der Waals surface area contributed by atoms with Gasteiger partial charge >= 0.3 is 0 Å². The molecule has 28 heavy (non-hydrogen) atoms. The van der Waals surface area contributed by atoms with Gasteiger partial charge in [-0.05, 0) is 54.8 Å². The van der Waals surface area contributed by atoms with Crippen molar-refractivity contribution in [3.05, 3.63) is 72.6 Å². The van der Waals surface area contributed by atoms with Gasteiger partial charge in [-0.1, -0.05) is 12.1 Å². The number of hydrogen-bond acceptors (Lipinski definition) is 5. The van der Waals surface area contributed by atoms with Crippen molar-refractivity contribution < 1.29 is 9.53 Å². The molecule has 2 aromatic heterocycles. The first-order valence-corrected chi connectivity index (χ1v) is 9.34. The molecule has 0 spiro atoms. The molecule has 1 N–H and O–H groups in total. The summed E-state index contributed by atoms with van der Waals surface area (Å²) in [6.07, 6.45) is 4.87. The fraction of sp³-hybridized carbons (Fsp3) is 0.227. The van der Waals surface area contributed by atoms with Crippen LogP contribution in [0.15, 0.2) is 67.0 Å². The quantitative estimate of drug-likeness (QED) is 0.719. The lowest BCUT2D eigenvalue weighted by molar-refractivity contribution is -0.132. The minimum atomic E-state index is 0.137. The number of ether oxygens (including phenoxy) is 1. The fourth-order valence-electron chi connectivity index (χ4n) is 3.31. The molecule has 0 saturated carbocycles. The number of benzene rings is 1. The van der Waals surface area contributed by atoms with Gasteiger partial charge in [-0.15, -0.1) is 0 Å². The lowest BCUT2D eigenvalue weighted by atomic mass is 9.90. The largest absolute Gasteiger partial charge is 0.439 e. The second-order valence-electron chi connectivity index (χ2n) is 6.87. The average molecular weight is 374 g/mol. The number of piperidine rings is 1. The molecule has 1 aromatic carbocycles. The molecular weight excluding hydrogens is 352 g/mol. The standard InChI is InChI=1S/C22H22N4O2/c1-26-14-11-16(15-21(26)27)19-5-4-13-24-22(19)28-18-9-7-17(8-10-18)25-20-6-2-3-12-23-20/h2-10,12-13,16H,11,14-15H2,1H3,(H,23,25). The van der Waals surface area contributed by atoms with Gasteiger partial charge in [0.1, 0.15) is 11.6 Å². The van der Waals surface area contributed by atoms with Gasteiger partial charge in [0.15, 0.2) is 0 Å². The van der Waals surface area contributed by atoms with E-state index >= 15 is 0 Å². The van der Waals surface area contributed by atoms with Gasteiger partial charge in [0, 0.05) is 43.7 Å². The Balaban J connectivity index is 1.48. The van der Waals surface area contributed by atoms with Gasteiger partial charge in [0.25, 0.3) is 0 Å². The van der Waals surface area contributed by atoms with Crippen molar-refractivity contribution in [2.24, 2.45) is 0 Å². The predicted molar refractivity (Wildman–Crippen MR) is 108 cm³/mol. The second-order valence-corrected chi connectivity index (χ2v) is 6.87. The molecule has 1 fully saturated rings. The van der Waals surface area contributed by atoms with E-state index in [9.17, 15) is 4.79 Å². The molecular formula is C22H22N4O2. The lowest BCUT2D eigenvalue weighted by Crippen LogP contribution is -2.34. The number of carbonyl (C=O) groups excluding carboxylic acids is 1. The highest BCUT2D eigenvalue weighted by molar-refractivity contribution is 5.77. The predicted octanol–water partition coefficient (Wildman–Crippen LogP) is 4.35. The van der Waals surface area contributed by atoms with Crippen molar-refractivity contribution in [3.8, 4) is 11.6 Å². The Hall–Kier alpha value is -3.41. The van der Waals surface area contributed by atoms with E-state index in [1.807, 2.05) is 61.6 Å². The monoisotopic (exact) mass is 374 g/mol. The highest BCUT2D eigenvalue weighted by Crippen LogP contribution is 2.35. The second kappa shape index (κ2) is 8.08. The van der Waals surface area contributed by atoms with Crippen LogP contribution < -0.4 is 10.1 Å². The van der Waals surface area contributed by atoms with E-state index in [-0.39, 0.29) is 11.8 Å². The Morgan fingerprint density at radius 1 is 1.04 bits per heavy atom. The maximum Gasteiger partial charge on any atom is 0.222 e. The van der Waals surface area contributed by atoms with Gasteiger partial charge in [-0.2, -0.15) is 0 Å². The van der Waals surface area contributed by atoms with E-state index < -0.39 is 0 Å². The third-order valence-corrected chi connectivity index (χ3v) is 4.91. The number of aromatic nitrogens is 2. The Kier molecular flexibility index (Phi) is 5.19. The van der Waals surface area contributed by atoms with Crippen molar-refractivity contribution in [3.63, 3.8) is 0 Å². The molecule has 3 heterocycles. The molecule has 6 heteroatoms. The highest BCUT2D eigenvalue weighted by atomic mass is 16.5. The summed E-state index contributed by atoms with van der Waals surface area (Å²) < 4.78 is 6.05. The summed E-state index contributed by atoms with van der Waals surface area (Å²) in [5.74, 6) is 2.35. The first kappa shape index (κ1) is 18.0. The minimum Gasteiger partial charge on any atom is -0.439 e. The third kappa shape index (κ3) is 4.11. The Bertz CT molecular complexity index is 944. The molecule has 142 valence electrons. The first-order valence-electron chi connectivity index (χ1n) is 9.34. The van der Waals surface area contributed by atoms with Crippen molar-refractivity contribution in [2.45, 2.75) is 18.8 Å². The van der Waals surface area contributed by atoms with Crippen molar-refractivity contribution in [2.75, 3.05) is 18.9 Å². The van der Waals surface area contributed by atoms with Gasteiger partial charge in [-0.3, -0.25) is 4.79 Å². The van der Waals surface area contributed by atoms with Crippen molar-refractivity contribution in [1.82, 2.24) is 14.9 Å². The van der Waals surface area contributed by atoms with Crippen LogP contribution in [-0.2, 0) is 4.79 Å². The van der Waals surface area contributed by atoms with Crippen LogP contribution in [0.3, 0.4) is 0 Å². The van der Waals surface area contributed by atoms with Gasteiger partial charge in [-0.25, -0.2) is 9.97 Å². The molecule has 1 unspecified atom stereocenters. The molecule has 4 rings (SSSR count). The summed E-state index contributed by atoms with van der Waals surface area (Å²) in [7, 11) is 1.85. The fourth-order valence-corrected chi connectivity index (χ4v) is 3.31. The number of pyridine rings is 2. The molecule has 0 aliphatic carbocycles. The number of hydrogen-bond donors (Lipinski definition) is 1. The molecule has 0 radical (unpaired) electrons. The SMILES string of the molecule is CN1CCC(c2cccnc2Oc2ccc(Nc3ccccn3)cc2)CC1=O. The minimum absolute atomic E-state index is 0.137. The van der Waals surface area contributed by atoms with Crippen LogP contribution in [-0.4, -0.2) is 34.4 Å². The molecule has 0 bridgehead atoms. The Morgan fingerprint density at radius 2 is 1.86 bits per heavy atom. The number of amides is 1. The molecule has 1 atom stereocenters. The van der Waals surface area contributed by atoms with Crippen LogP contribution in [0.4, 0.5) is 11.5 Å². The topological polar surface area (TPSA) is 67.3 Å². The smallest absolute Gasteiger partial charge is 0.222 e. The van der Waals surface area contributed by atoms with Crippen LogP contribution in [0.5, 0.6) is 11.6 Å². The number of anilines is 2. The maximum atomic E-state index is 12.1. The molecule has 1 saturated heterocycles. The summed E-state index contributed by atoms with van der Waals surface area (Å²) in [5.41, 5.74) is 1.91. The number of rotatable bonds is 5. The highest BCUT2D eigenvalue weighted by Gasteiger charge is 2.27. The normalized spacial score (nSPS) is 16.7. The number of carbonyl (C=O) groups is 1. The van der Waals surface area contributed by atoms with Crippen LogP contribution in [0.2, 0.25) is 0 Å².